The third-order valence-corrected chi connectivity index (χ3v) is 4.16. The maximum atomic E-state index is 8.71. The number of ether oxygens (including phenoxy) is 1. The maximum Gasteiger partial charge on any atom is 0.100 e. The van der Waals surface area contributed by atoms with Crippen LogP contribution in [0.2, 0.25) is 0 Å². The molecule has 2 rings (SSSR count). The Morgan fingerprint density at radius 2 is 2.44 bits per heavy atom. The van der Waals surface area contributed by atoms with Crippen LogP contribution >= 0.6 is 11.3 Å². The van der Waals surface area contributed by atoms with Crippen LogP contribution in [0.5, 0.6) is 0 Å². The van der Waals surface area contributed by atoms with Crippen LogP contribution in [0.1, 0.15) is 29.7 Å². The molecule has 0 saturated heterocycles. The number of rotatable bonds is 5. The van der Waals surface area contributed by atoms with E-state index in [4.69, 9.17) is 10.00 Å². The lowest BCUT2D eigenvalue weighted by Gasteiger charge is -2.40. The number of nitriles is 1. The topological polar surface area (TPSA) is 45.0 Å². The number of nitrogens with zero attached hydrogens (tertiary/aromatic N) is 1. The Balaban J connectivity index is 1.77. The van der Waals surface area contributed by atoms with Gasteiger partial charge in [0.1, 0.15) is 6.07 Å². The average molecular weight is 236 g/mol. The fourth-order valence-corrected chi connectivity index (χ4v) is 2.75. The lowest BCUT2D eigenvalue weighted by atomic mass is 9.80. The first-order valence-electron chi connectivity index (χ1n) is 5.51. The van der Waals surface area contributed by atoms with E-state index >= 15 is 0 Å². The molecule has 0 spiro atoms. The SMILES string of the molecule is COC1(CNCc2cc(C#N)cs2)CCC1. The van der Waals surface area contributed by atoms with Crippen molar-refractivity contribution in [3.8, 4) is 6.07 Å². The molecule has 4 heteroatoms. The molecule has 16 heavy (non-hydrogen) atoms. The van der Waals surface area contributed by atoms with E-state index in [0.29, 0.717) is 0 Å². The highest BCUT2D eigenvalue weighted by Gasteiger charge is 2.36. The van der Waals surface area contributed by atoms with Gasteiger partial charge in [0.2, 0.25) is 0 Å². The fraction of sp³-hybridized carbons (Fsp3) is 0.583. The zero-order chi connectivity index (χ0) is 11.4. The number of methoxy groups -OCH3 is 1. The maximum absolute atomic E-state index is 8.71. The van der Waals surface area contributed by atoms with Gasteiger partial charge in [-0.1, -0.05) is 0 Å². The molecule has 1 aliphatic rings. The Kier molecular flexibility index (Phi) is 3.59. The molecule has 0 amide bonds. The van der Waals surface area contributed by atoms with Gasteiger partial charge in [0.05, 0.1) is 11.2 Å². The summed E-state index contributed by atoms with van der Waals surface area (Å²) in [6.45, 7) is 1.74. The second kappa shape index (κ2) is 4.96. The monoisotopic (exact) mass is 236 g/mol. The van der Waals surface area contributed by atoms with E-state index in [1.165, 1.54) is 11.3 Å². The Hall–Kier alpha value is -0.890. The molecular weight excluding hydrogens is 220 g/mol. The molecule has 0 aliphatic heterocycles. The van der Waals surface area contributed by atoms with E-state index in [2.05, 4.69) is 11.4 Å². The Labute approximate surface area is 100 Å². The minimum absolute atomic E-state index is 0.0787. The zero-order valence-corrected chi connectivity index (χ0v) is 10.3. The van der Waals surface area contributed by atoms with Crippen molar-refractivity contribution < 1.29 is 4.74 Å². The molecule has 1 aromatic heterocycles. The van der Waals surface area contributed by atoms with Crippen LogP contribution in [-0.2, 0) is 11.3 Å². The van der Waals surface area contributed by atoms with Gasteiger partial charge in [-0.25, -0.2) is 0 Å². The third kappa shape index (κ3) is 2.43. The normalized spacial score (nSPS) is 17.8. The molecule has 1 heterocycles. The van der Waals surface area contributed by atoms with Crippen molar-refractivity contribution in [2.75, 3.05) is 13.7 Å². The van der Waals surface area contributed by atoms with Gasteiger partial charge in [0.15, 0.2) is 0 Å². The van der Waals surface area contributed by atoms with Crippen molar-refractivity contribution in [1.82, 2.24) is 5.32 Å². The van der Waals surface area contributed by atoms with E-state index in [9.17, 15) is 0 Å². The van der Waals surface area contributed by atoms with Gasteiger partial charge < -0.3 is 10.1 Å². The summed E-state index contributed by atoms with van der Waals surface area (Å²) in [7, 11) is 1.79. The molecule has 86 valence electrons. The largest absolute Gasteiger partial charge is 0.377 e. The van der Waals surface area contributed by atoms with Crippen LogP contribution in [0.4, 0.5) is 0 Å². The molecule has 1 N–H and O–H groups in total. The summed E-state index contributed by atoms with van der Waals surface area (Å²) in [6, 6.07) is 4.09. The quantitative estimate of drug-likeness (QED) is 0.853. The highest BCUT2D eigenvalue weighted by Crippen LogP contribution is 2.34. The first kappa shape index (κ1) is 11.6. The molecule has 0 bridgehead atoms. The van der Waals surface area contributed by atoms with Crippen LogP contribution in [0, 0.1) is 11.3 Å². The summed E-state index contributed by atoms with van der Waals surface area (Å²) in [4.78, 5) is 1.21. The van der Waals surface area contributed by atoms with Crippen molar-refractivity contribution in [2.45, 2.75) is 31.4 Å². The number of hydrogen-bond donors (Lipinski definition) is 1. The number of nitrogens with one attached hydrogen (secondary N) is 1. The van der Waals surface area contributed by atoms with Gasteiger partial charge in [0, 0.05) is 30.5 Å². The summed E-state index contributed by atoms with van der Waals surface area (Å²) in [5.74, 6) is 0. The minimum Gasteiger partial charge on any atom is -0.377 e. The minimum atomic E-state index is 0.0787. The van der Waals surface area contributed by atoms with Gasteiger partial charge in [0.25, 0.3) is 0 Å². The average Bonchev–Trinajstić information content (AvgIpc) is 2.70. The highest BCUT2D eigenvalue weighted by molar-refractivity contribution is 7.10. The molecule has 0 atom stereocenters. The molecule has 3 nitrogen and oxygen atoms in total. The summed E-state index contributed by atoms with van der Waals surface area (Å²) in [6.07, 6.45) is 3.59. The molecular formula is C12H16N2OS. The highest BCUT2D eigenvalue weighted by atomic mass is 32.1. The number of thiophene rings is 1. The Morgan fingerprint density at radius 3 is 2.94 bits per heavy atom. The van der Waals surface area contributed by atoms with Crippen LogP contribution in [0.25, 0.3) is 0 Å². The Bertz CT molecular complexity index is 384. The lowest BCUT2D eigenvalue weighted by molar-refractivity contribution is -0.0695. The van der Waals surface area contributed by atoms with Crippen LogP contribution < -0.4 is 5.32 Å². The summed E-state index contributed by atoms with van der Waals surface area (Å²) < 4.78 is 5.53. The van der Waals surface area contributed by atoms with Crippen molar-refractivity contribution >= 4 is 11.3 Å². The van der Waals surface area contributed by atoms with Gasteiger partial charge in [-0.05, 0) is 25.3 Å². The Morgan fingerprint density at radius 1 is 1.62 bits per heavy atom. The molecule has 0 aromatic carbocycles. The van der Waals surface area contributed by atoms with Crippen LogP contribution in [0.15, 0.2) is 11.4 Å². The van der Waals surface area contributed by atoms with Gasteiger partial charge in [-0.15, -0.1) is 11.3 Å². The van der Waals surface area contributed by atoms with Gasteiger partial charge in [-0.2, -0.15) is 5.26 Å². The van der Waals surface area contributed by atoms with Crippen LogP contribution in [0.3, 0.4) is 0 Å². The first-order valence-corrected chi connectivity index (χ1v) is 6.39. The van der Waals surface area contributed by atoms with E-state index in [1.807, 2.05) is 11.4 Å². The van der Waals surface area contributed by atoms with Gasteiger partial charge >= 0.3 is 0 Å². The molecule has 1 aromatic rings. The smallest absolute Gasteiger partial charge is 0.100 e. The predicted molar refractivity (Wildman–Crippen MR) is 64.3 cm³/mol. The second-order valence-electron chi connectivity index (χ2n) is 4.26. The van der Waals surface area contributed by atoms with Crippen molar-refractivity contribution in [3.63, 3.8) is 0 Å². The molecule has 0 radical (unpaired) electrons. The molecule has 0 unspecified atom stereocenters. The van der Waals surface area contributed by atoms with E-state index < -0.39 is 0 Å². The molecule has 1 aliphatic carbocycles. The third-order valence-electron chi connectivity index (χ3n) is 3.23. The van der Waals surface area contributed by atoms with Crippen LogP contribution in [-0.4, -0.2) is 19.3 Å². The molecule has 1 saturated carbocycles. The van der Waals surface area contributed by atoms with Crippen molar-refractivity contribution in [1.29, 1.82) is 5.26 Å². The zero-order valence-electron chi connectivity index (χ0n) is 9.45. The standard InChI is InChI=1S/C12H16N2OS/c1-15-12(3-2-4-12)9-14-7-11-5-10(6-13)8-16-11/h5,8,14H,2-4,7,9H2,1H3. The van der Waals surface area contributed by atoms with E-state index in [-0.39, 0.29) is 5.60 Å². The first-order chi connectivity index (χ1) is 7.78. The van der Waals surface area contributed by atoms with Crippen molar-refractivity contribution in [3.05, 3.63) is 21.9 Å². The van der Waals surface area contributed by atoms with E-state index in [0.717, 1.165) is 31.5 Å². The summed E-state index contributed by atoms with van der Waals surface area (Å²) in [5.41, 5.74) is 0.835. The van der Waals surface area contributed by atoms with Gasteiger partial charge in [-0.3, -0.25) is 0 Å². The summed E-state index contributed by atoms with van der Waals surface area (Å²) in [5, 5.41) is 14.0. The second-order valence-corrected chi connectivity index (χ2v) is 5.25. The van der Waals surface area contributed by atoms with Crippen molar-refractivity contribution in [2.24, 2.45) is 0 Å². The number of hydrogen-bond acceptors (Lipinski definition) is 4. The fourth-order valence-electron chi connectivity index (χ4n) is 1.97. The van der Waals surface area contributed by atoms with E-state index in [1.54, 1.807) is 18.4 Å². The molecule has 1 fully saturated rings. The summed E-state index contributed by atoms with van der Waals surface area (Å²) >= 11 is 1.63. The predicted octanol–water partition coefficient (Wildman–Crippen LogP) is 2.28. The lowest BCUT2D eigenvalue weighted by Crippen LogP contribution is -2.47.